The molecule has 0 amide bonds. The SMILES string of the molecule is CN(Cc1ccccc1)S(=O)(=O)Nc1cccnc1Br. The zero-order chi connectivity index (χ0) is 14.6. The van der Waals surface area contributed by atoms with Gasteiger partial charge in [0.05, 0.1) is 5.69 Å². The number of nitrogens with zero attached hydrogens (tertiary/aromatic N) is 2. The first-order valence-electron chi connectivity index (χ1n) is 5.87. The van der Waals surface area contributed by atoms with Gasteiger partial charge in [0.25, 0.3) is 0 Å². The molecule has 106 valence electrons. The van der Waals surface area contributed by atoms with Gasteiger partial charge in [-0.25, -0.2) is 4.98 Å². The highest BCUT2D eigenvalue weighted by Crippen LogP contribution is 2.20. The molecule has 0 aliphatic heterocycles. The molecule has 0 spiro atoms. The Morgan fingerprint density at radius 3 is 2.55 bits per heavy atom. The highest BCUT2D eigenvalue weighted by Gasteiger charge is 2.19. The molecule has 1 aromatic carbocycles. The fraction of sp³-hybridized carbons (Fsp3) is 0.154. The van der Waals surface area contributed by atoms with Crippen molar-refractivity contribution in [2.75, 3.05) is 11.8 Å². The zero-order valence-corrected chi connectivity index (χ0v) is 13.2. The summed E-state index contributed by atoms with van der Waals surface area (Å²) < 4.78 is 28.6. The van der Waals surface area contributed by atoms with Crippen LogP contribution in [0.15, 0.2) is 53.3 Å². The molecule has 1 aromatic heterocycles. The van der Waals surface area contributed by atoms with E-state index in [4.69, 9.17) is 0 Å². The first kappa shape index (κ1) is 15.0. The molecule has 0 radical (unpaired) electrons. The third kappa shape index (κ3) is 3.78. The number of nitrogens with one attached hydrogen (secondary N) is 1. The predicted molar refractivity (Wildman–Crippen MR) is 82.4 cm³/mol. The van der Waals surface area contributed by atoms with Crippen LogP contribution in [0, 0.1) is 0 Å². The predicted octanol–water partition coefficient (Wildman–Crippen LogP) is 2.63. The molecule has 0 unspecified atom stereocenters. The molecule has 0 saturated heterocycles. The lowest BCUT2D eigenvalue weighted by molar-refractivity contribution is 0.471. The minimum absolute atomic E-state index is 0.300. The Morgan fingerprint density at radius 1 is 1.20 bits per heavy atom. The Hall–Kier alpha value is -1.44. The number of hydrogen-bond acceptors (Lipinski definition) is 3. The lowest BCUT2D eigenvalue weighted by Crippen LogP contribution is -2.32. The summed E-state index contributed by atoms with van der Waals surface area (Å²) in [6, 6.07) is 12.7. The highest BCUT2D eigenvalue weighted by atomic mass is 79.9. The molecule has 20 heavy (non-hydrogen) atoms. The summed E-state index contributed by atoms with van der Waals surface area (Å²) in [5.74, 6) is 0. The smallest absolute Gasteiger partial charge is 0.268 e. The molecular weight excluding hydrogens is 342 g/mol. The van der Waals surface area contributed by atoms with Gasteiger partial charge < -0.3 is 0 Å². The van der Waals surface area contributed by atoms with Gasteiger partial charge in [-0.15, -0.1) is 0 Å². The Labute approximate surface area is 127 Å². The van der Waals surface area contributed by atoms with Crippen LogP contribution in [0.2, 0.25) is 0 Å². The molecule has 1 N–H and O–H groups in total. The van der Waals surface area contributed by atoms with E-state index in [0.717, 1.165) is 5.56 Å². The number of halogens is 1. The minimum Gasteiger partial charge on any atom is -0.268 e. The van der Waals surface area contributed by atoms with E-state index < -0.39 is 10.2 Å². The van der Waals surface area contributed by atoms with Gasteiger partial charge in [-0.1, -0.05) is 30.3 Å². The second kappa shape index (κ2) is 6.34. The van der Waals surface area contributed by atoms with Gasteiger partial charge in [-0.05, 0) is 33.6 Å². The quantitative estimate of drug-likeness (QED) is 0.838. The van der Waals surface area contributed by atoms with Crippen LogP contribution in [0.5, 0.6) is 0 Å². The maximum atomic E-state index is 12.2. The third-order valence-electron chi connectivity index (χ3n) is 2.66. The monoisotopic (exact) mass is 355 g/mol. The second-order valence-electron chi connectivity index (χ2n) is 4.19. The number of anilines is 1. The van der Waals surface area contributed by atoms with Crippen LogP contribution in [-0.4, -0.2) is 24.8 Å². The van der Waals surface area contributed by atoms with Gasteiger partial charge in [0.15, 0.2) is 0 Å². The Morgan fingerprint density at radius 2 is 1.90 bits per heavy atom. The van der Waals surface area contributed by atoms with E-state index in [1.165, 1.54) is 11.4 Å². The molecule has 0 fully saturated rings. The second-order valence-corrected chi connectivity index (χ2v) is 6.72. The maximum Gasteiger partial charge on any atom is 0.301 e. The number of benzene rings is 1. The largest absolute Gasteiger partial charge is 0.301 e. The van der Waals surface area contributed by atoms with Gasteiger partial charge in [0.2, 0.25) is 0 Å². The standard InChI is InChI=1S/C13H14BrN3O2S/c1-17(10-11-6-3-2-4-7-11)20(18,19)16-12-8-5-9-15-13(12)14/h2-9,16H,10H2,1H3. The summed E-state index contributed by atoms with van der Waals surface area (Å²) in [6.45, 7) is 0.300. The van der Waals surface area contributed by atoms with Gasteiger partial charge in [0.1, 0.15) is 4.60 Å². The fourth-order valence-electron chi connectivity index (χ4n) is 1.60. The van der Waals surface area contributed by atoms with Crippen molar-refractivity contribution in [2.45, 2.75) is 6.54 Å². The van der Waals surface area contributed by atoms with E-state index in [9.17, 15) is 8.42 Å². The Bertz CT molecular complexity index is 677. The van der Waals surface area contributed by atoms with Gasteiger partial charge in [0, 0.05) is 19.8 Å². The summed E-state index contributed by atoms with van der Waals surface area (Å²) in [5.41, 5.74) is 1.33. The normalized spacial score (nSPS) is 11.6. The van der Waals surface area contributed by atoms with Crippen LogP contribution in [0.1, 0.15) is 5.56 Å². The maximum absolute atomic E-state index is 12.2. The summed E-state index contributed by atoms with van der Waals surface area (Å²) in [4.78, 5) is 3.98. The zero-order valence-electron chi connectivity index (χ0n) is 10.8. The van der Waals surface area contributed by atoms with E-state index >= 15 is 0 Å². The van der Waals surface area contributed by atoms with Crippen molar-refractivity contribution in [3.05, 3.63) is 58.8 Å². The minimum atomic E-state index is -3.62. The fourth-order valence-corrected chi connectivity index (χ4v) is 3.00. The molecular formula is C13H14BrN3O2S. The van der Waals surface area contributed by atoms with Crippen molar-refractivity contribution < 1.29 is 8.42 Å². The van der Waals surface area contributed by atoms with Crippen LogP contribution in [0.4, 0.5) is 5.69 Å². The summed E-state index contributed by atoms with van der Waals surface area (Å²) in [6.07, 6.45) is 1.58. The average Bonchev–Trinajstić information content (AvgIpc) is 2.42. The third-order valence-corrected chi connectivity index (χ3v) is 4.72. The van der Waals surface area contributed by atoms with E-state index in [-0.39, 0.29) is 0 Å². The molecule has 2 aromatic rings. The van der Waals surface area contributed by atoms with Crippen molar-refractivity contribution in [1.82, 2.24) is 9.29 Å². The molecule has 0 aliphatic carbocycles. The molecule has 7 heteroatoms. The van der Waals surface area contributed by atoms with Crippen molar-refractivity contribution in [3.8, 4) is 0 Å². The average molecular weight is 356 g/mol. The van der Waals surface area contributed by atoms with Gasteiger partial charge >= 0.3 is 10.2 Å². The number of pyridine rings is 1. The first-order valence-corrected chi connectivity index (χ1v) is 8.11. The summed E-state index contributed by atoms with van der Waals surface area (Å²) >= 11 is 3.21. The topological polar surface area (TPSA) is 62.3 Å². The Balaban J connectivity index is 2.12. The molecule has 0 saturated carbocycles. The first-order chi connectivity index (χ1) is 9.49. The molecule has 1 heterocycles. The summed E-state index contributed by atoms with van der Waals surface area (Å²) in [5, 5.41) is 0. The van der Waals surface area contributed by atoms with Gasteiger partial charge in [-0.3, -0.25) is 4.72 Å². The van der Waals surface area contributed by atoms with E-state index in [2.05, 4.69) is 25.6 Å². The van der Waals surface area contributed by atoms with E-state index in [0.29, 0.717) is 16.8 Å². The molecule has 5 nitrogen and oxygen atoms in total. The summed E-state index contributed by atoms with van der Waals surface area (Å²) in [7, 11) is -2.09. The van der Waals surface area contributed by atoms with Crippen LogP contribution in [-0.2, 0) is 16.8 Å². The Kier molecular flexibility index (Phi) is 4.74. The van der Waals surface area contributed by atoms with Gasteiger partial charge in [-0.2, -0.15) is 12.7 Å². The molecule has 0 atom stereocenters. The lowest BCUT2D eigenvalue weighted by atomic mass is 10.2. The van der Waals surface area contributed by atoms with E-state index in [1.54, 1.807) is 18.3 Å². The number of rotatable bonds is 5. The van der Waals surface area contributed by atoms with Crippen molar-refractivity contribution in [1.29, 1.82) is 0 Å². The van der Waals surface area contributed by atoms with Crippen molar-refractivity contribution in [2.24, 2.45) is 0 Å². The highest BCUT2D eigenvalue weighted by molar-refractivity contribution is 9.10. The van der Waals surface area contributed by atoms with Crippen LogP contribution in [0.3, 0.4) is 0 Å². The number of hydrogen-bond donors (Lipinski definition) is 1. The molecule has 2 rings (SSSR count). The van der Waals surface area contributed by atoms with E-state index in [1.807, 2.05) is 30.3 Å². The molecule has 0 bridgehead atoms. The number of aromatic nitrogens is 1. The van der Waals surface area contributed by atoms with Crippen molar-refractivity contribution in [3.63, 3.8) is 0 Å². The van der Waals surface area contributed by atoms with Crippen molar-refractivity contribution >= 4 is 31.8 Å². The van der Waals surface area contributed by atoms with Crippen LogP contribution >= 0.6 is 15.9 Å². The van der Waals surface area contributed by atoms with Crippen LogP contribution in [0.25, 0.3) is 0 Å². The van der Waals surface area contributed by atoms with Crippen LogP contribution < -0.4 is 4.72 Å². The molecule has 0 aliphatic rings. The lowest BCUT2D eigenvalue weighted by Gasteiger charge is -2.18.